The Morgan fingerprint density at radius 1 is 0.889 bits per heavy atom. The van der Waals surface area contributed by atoms with Crippen LogP contribution < -0.4 is 9.47 Å². The second kappa shape index (κ2) is 5.99. The molecule has 5 heteroatoms. The monoisotopic (exact) mass is 355 g/mol. The average molecular weight is 355 g/mol. The molecular weight excluding hydrogens is 338 g/mol. The molecule has 3 heterocycles. The van der Waals surface area contributed by atoms with Crippen molar-refractivity contribution >= 4 is 27.5 Å². The van der Waals surface area contributed by atoms with Gasteiger partial charge in [-0.15, -0.1) is 0 Å². The first kappa shape index (κ1) is 15.6. The smallest absolute Gasteiger partial charge is 0.147 e. The van der Waals surface area contributed by atoms with Crippen molar-refractivity contribution in [3.8, 4) is 22.8 Å². The number of benzene rings is 2. The van der Waals surface area contributed by atoms with Crippen molar-refractivity contribution in [2.45, 2.75) is 0 Å². The largest absolute Gasteiger partial charge is 0.494 e. The van der Waals surface area contributed by atoms with Gasteiger partial charge >= 0.3 is 0 Å². The maximum Gasteiger partial charge on any atom is 0.147 e. The summed E-state index contributed by atoms with van der Waals surface area (Å²) in [5.41, 5.74) is 4.54. The predicted octanol–water partition coefficient (Wildman–Crippen LogP) is 4.72. The molecule has 5 rings (SSSR count). The molecule has 132 valence electrons. The Labute approximate surface area is 155 Å². The summed E-state index contributed by atoms with van der Waals surface area (Å²) in [6, 6.07) is 18.2. The SMILES string of the molecule is COc1ccc(OC)c2c1nc1c3ccccc3cc(-c3cccnc3)n12. The topological polar surface area (TPSA) is 48.7 Å². The van der Waals surface area contributed by atoms with Gasteiger partial charge in [-0.2, -0.15) is 0 Å². The summed E-state index contributed by atoms with van der Waals surface area (Å²) in [6.07, 6.45) is 3.64. The number of hydrogen-bond acceptors (Lipinski definition) is 4. The number of imidazole rings is 1. The fourth-order valence-corrected chi connectivity index (χ4v) is 3.64. The molecule has 5 aromatic rings. The summed E-state index contributed by atoms with van der Waals surface area (Å²) >= 11 is 0. The normalized spacial score (nSPS) is 11.3. The lowest BCUT2D eigenvalue weighted by Crippen LogP contribution is -1.96. The van der Waals surface area contributed by atoms with Gasteiger partial charge in [-0.1, -0.05) is 24.3 Å². The number of pyridine rings is 2. The van der Waals surface area contributed by atoms with Crippen LogP contribution in [0.3, 0.4) is 0 Å². The zero-order valence-corrected chi connectivity index (χ0v) is 15.0. The van der Waals surface area contributed by atoms with E-state index < -0.39 is 0 Å². The molecule has 0 spiro atoms. The summed E-state index contributed by atoms with van der Waals surface area (Å²) in [5.74, 6) is 1.47. The van der Waals surface area contributed by atoms with Gasteiger partial charge in [0, 0.05) is 23.3 Å². The highest BCUT2D eigenvalue weighted by molar-refractivity contribution is 6.03. The van der Waals surface area contributed by atoms with E-state index in [2.05, 4.69) is 33.7 Å². The first-order valence-corrected chi connectivity index (χ1v) is 8.67. The Morgan fingerprint density at radius 3 is 2.48 bits per heavy atom. The predicted molar refractivity (Wildman–Crippen MR) is 107 cm³/mol. The number of aromatic nitrogens is 3. The van der Waals surface area contributed by atoms with Crippen LogP contribution in [-0.4, -0.2) is 28.6 Å². The number of fused-ring (bicyclic) bond motifs is 5. The third-order valence-electron chi connectivity index (χ3n) is 4.86. The van der Waals surface area contributed by atoms with E-state index >= 15 is 0 Å². The molecule has 3 aromatic heterocycles. The van der Waals surface area contributed by atoms with Crippen LogP contribution in [0.1, 0.15) is 0 Å². The Balaban J connectivity index is 2.07. The maximum atomic E-state index is 5.66. The van der Waals surface area contributed by atoms with E-state index in [0.717, 1.165) is 50.2 Å². The van der Waals surface area contributed by atoms with Gasteiger partial charge in [0.2, 0.25) is 0 Å². The van der Waals surface area contributed by atoms with Crippen LogP contribution >= 0.6 is 0 Å². The van der Waals surface area contributed by atoms with Crippen LogP contribution in [0.15, 0.2) is 67.0 Å². The van der Waals surface area contributed by atoms with E-state index in [1.165, 1.54) is 0 Å². The van der Waals surface area contributed by atoms with Gasteiger partial charge in [0.05, 0.1) is 19.9 Å². The molecule has 2 aromatic carbocycles. The van der Waals surface area contributed by atoms with Crippen molar-refractivity contribution in [2.75, 3.05) is 14.2 Å². The van der Waals surface area contributed by atoms with Crippen LogP contribution in [0.25, 0.3) is 38.7 Å². The Morgan fingerprint density at radius 2 is 1.70 bits per heavy atom. The molecule has 5 nitrogen and oxygen atoms in total. The van der Waals surface area contributed by atoms with Crippen molar-refractivity contribution in [3.05, 3.63) is 67.0 Å². The summed E-state index contributed by atoms with van der Waals surface area (Å²) in [4.78, 5) is 9.25. The van der Waals surface area contributed by atoms with Crippen molar-refractivity contribution in [1.82, 2.24) is 14.4 Å². The summed E-state index contributed by atoms with van der Waals surface area (Å²) in [6.45, 7) is 0. The second-order valence-corrected chi connectivity index (χ2v) is 6.30. The Bertz CT molecular complexity index is 1290. The van der Waals surface area contributed by atoms with E-state index in [1.54, 1.807) is 20.4 Å². The van der Waals surface area contributed by atoms with Crippen LogP contribution in [0.5, 0.6) is 11.5 Å². The molecule has 0 fully saturated rings. The second-order valence-electron chi connectivity index (χ2n) is 6.30. The lowest BCUT2D eigenvalue weighted by molar-refractivity contribution is 0.409. The molecule has 0 aliphatic carbocycles. The number of ether oxygens (including phenoxy) is 2. The zero-order valence-electron chi connectivity index (χ0n) is 15.0. The van der Waals surface area contributed by atoms with Gasteiger partial charge in [0.1, 0.15) is 28.2 Å². The molecule has 0 radical (unpaired) electrons. The van der Waals surface area contributed by atoms with Crippen LogP contribution in [0.4, 0.5) is 0 Å². The highest BCUT2D eigenvalue weighted by Gasteiger charge is 2.19. The fourth-order valence-electron chi connectivity index (χ4n) is 3.64. The third-order valence-corrected chi connectivity index (χ3v) is 4.86. The minimum Gasteiger partial charge on any atom is -0.494 e. The zero-order chi connectivity index (χ0) is 18.4. The highest BCUT2D eigenvalue weighted by Crippen LogP contribution is 2.38. The van der Waals surface area contributed by atoms with E-state index in [0.29, 0.717) is 0 Å². The van der Waals surface area contributed by atoms with Crippen molar-refractivity contribution in [1.29, 1.82) is 0 Å². The first-order valence-electron chi connectivity index (χ1n) is 8.67. The molecule has 0 unspecified atom stereocenters. The molecular formula is C22H17N3O2. The molecule has 27 heavy (non-hydrogen) atoms. The molecule has 0 aliphatic rings. The lowest BCUT2D eigenvalue weighted by atomic mass is 10.1. The third kappa shape index (κ3) is 2.25. The van der Waals surface area contributed by atoms with Gasteiger partial charge in [0.25, 0.3) is 0 Å². The molecule has 0 saturated heterocycles. The van der Waals surface area contributed by atoms with Gasteiger partial charge in [-0.3, -0.25) is 9.38 Å². The molecule has 0 N–H and O–H groups in total. The summed E-state index contributed by atoms with van der Waals surface area (Å²) < 4.78 is 13.4. The van der Waals surface area contributed by atoms with Crippen molar-refractivity contribution in [3.63, 3.8) is 0 Å². The Kier molecular flexibility index (Phi) is 3.47. The molecule has 0 aliphatic heterocycles. The number of methoxy groups -OCH3 is 2. The highest BCUT2D eigenvalue weighted by atomic mass is 16.5. The van der Waals surface area contributed by atoms with E-state index in [4.69, 9.17) is 14.5 Å². The first-order chi connectivity index (χ1) is 13.3. The molecule has 0 amide bonds. The van der Waals surface area contributed by atoms with Gasteiger partial charge in [0.15, 0.2) is 0 Å². The van der Waals surface area contributed by atoms with E-state index in [1.807, 2.05) is 36.5 Å². The minimum atomic E-state index is 0.718. The number of nitrogens with zero attached hydrogens (tertiary/aromatic N) is 3. The quantitative estimate of drug-likeness (QED) is 0.470. The Hall–Kier alpha value is -3.60. The molecule has 0 bridgehead atoms. The van der Waals surface area contributed by atoms with Gasteiger partial charge in [-0.05, 0) is 35.7 Å². The van der Waals surface area contributed by atoms with Crippen LogP contribution in [-0.2, 0) is 0 Å². The van der Waals surface area contributed by atoms with Crippen molar-refractivity contribution < 1.29 is 9.47 Å². The maximum absolute atomic E-state index is 5.66. The number of hydrogen-bond donors (Lipinski definition) is 0. The average Bonchev–Trinajstić information content (AvgIpc) is 3.14. The van der Waals surface area contributed by atoms with Gasteiger partial charge in [-0.25, -0.2) is 4.98 Å². The lowest BCUT2D eigenvalue weighted by Gasteiger charge is -2.11. The fraction of sp³-hybridized carbons (Fsp3) is 0.0909. The van der Waals surface area contributed by atoms with E-state index in [9.17, 15) is 0 Å². The molecule has 0 saturated carbocycles. The van der Waals surface area contributed by atoms with Crippen LogP contribution in [0, 0.1) is 0 Å². The van der Waals surface area contributed by atoms with Crippen molar-refractivity contribution in [2.24, 2.45) is 0 Å². The standard InChI is InChI=1S/C22H17N3O2/c1-26-18-9-10-19(27-2)21-20(18)24-22-16-8-4-3-6-14(16)12-17(25(21)22)15-7-5-11-23-13-15/h3-13H,1-2H3. The number of rotatable bonds is 3. The summed E-state index contributed by atoms with van der Waals surface area (Å²) in [5, 5.41) is 2.20. The van der Waals surface area contributed by atoms with Crippen LogP contribution in [0.2, 0.25) is 0 Å². The van der Waals surface area contributed by atoms with Gasteiger partial charge < -0.3 is 9.47 Å². The van der Waals surface area contributed by atoms with E-state index in [-0.39, 0.29) is 0 Å². The summed E-state index contributed by atoms with van der Waals surface area (Å²) in [7, 11) is 3.33. The molecule has 0 atom stereocenters. The minimum absolute atomic E-state index is 0.718.